The number of hydrogen-bond acceptors (Lipinski definition) is 3. The minimum atomic E-state index is -0.903. The third kappa shape index (κ3) is 1.93. The summed E-state index contributed by atoms with van der Waals surface area (Å²) in [6.45, 7) is 0.0150. The van der Waals surface area contributed by atoms with Gasteiger partial charge in [-0.15, -0.1) is 0 Å². The zero-order chi connectivity index (χ0) is 10.0. The molecule has 0 saturated heterocycles. The number of hydrogen-bond donors (Lipinski definition) is 3. The lowest BCUT2D eigenvalue weighted by atomic mass is 10.1. The minimum absolute atomic E-state index is 0.0150. The van der Waals surface area contributed by atoms with Crippen LogP contribution in [0.25, 0.3) is 0 Å². The van der Waals surface area contributed by atoms with Crippen LogP contribution in [0.1, 0.15) is 11.6 Å². The molecule has 5 N–H and O–H groups in total. The lowest BCUT2D eigenvalue weighted by molar-refractivity contribution is 0.423. The summed E-state index contributed by atoms with van der Waals surface area (Å²) in [7, 11) is 0. The van der Waals surface area contributed by atoms with Crippen LogP contribution in [-0.2, 0) is 0 Å². The summed E-state index contributed by atoms with van der Waals surface area (Å²) in [5, 5.41) is 8.79. The third-order valence-corrected chi connectivity index (χ3v) is 1.72. The summed E-state index contributed by atoms with van der Waals surface area (Å²) >= 11 is 0. The van der Waals surface area contributed by atoms with Crippen LogP contribution >= 0.6 is 0 Å². The number of phenols is 1. The fraction of sp³-hybridized carbons (Fsp3) is 0.250. The van der Waals surface area contributed by atoms with Gasteiger partial charge in [0, 0.05) is 24.2 Å². The van der Waals surface area contributed by atoms with Gasteiger partial charge in [-0.3, -0.25) is 0 Å². The minimum Gasteiger partial charge on any atom is -0.505 e. The van der Waals surface area contributed by atoms with Crippen molar-refractivity contribution in [2.75, 3.05) is 6.54 Å². The van der Waals surface area contributed by atoms with Crippen LogP contribution in [0.2, 0.25) is 0 Å². The first-order valence-corrected chi connectivity index (χ1v) is 3.69. The Kier molecular flexibility index (Phi) is 2.79. The molecule has 1 rings (SSSR count). The standard InChI is InChI=1S/C8H10F2N2O/c9-5-2-8(13)6(10)1-4(5)7(12)3-11/h1-2,7,13H,3,11-12H2/t7-/m1/s1. The third-order valence-electron chi connectivity index (χ3n) is 1.72. The van der Waals surface area contributed by atoms with Crippen LogP contribution < -0.4 is 11.5 Å². The predicted molar refractivity (Wildman–Crippen MR) is 44.0 cm³/mol. The topological polar surface area (TPSA) is 72.3 Å². The second kappa shape index (κ2) is 3.68. The molecule has 0 radical (unpaired) electrons. The van der Waals surface area contributed by atoms with Gasteiger partial charge in [-0.1, -0.05) is 0 Å². The first-order valence-electron chi connectivity index (χ1n) is 3.69. The van der Waals surface area contributed by atoms with E-state index in [4.69, 9.17) is 16.6 Å². The molecule has 0 aliphatic carbocycles. The van der Waals surface area contributed by atoms with E-state index >= 15 is 0 Å². The number of aromatic hydroxyl groups is 1. The molecule has 0 heterocycles. The average Bonchev–Trinajstić information content (AvgIpc) is 2.10. The van der Waals surface area contributed by atoms with Gasteiger partial charge in [0.05, 0.1) is 0 Å². The van der Waals surface area contributed by atoms with Crippen molar-refractivity contribution < 1.29 is 13.9 Å². The fourth-order valence-corrected chi connectivity index (χ4v) is 0.963. The van der Waals surface area contributed by atoms with Crippen LogP contribution in [-0.4, -0.2) is 11.7 Å². The van der Waals surface area contributed by atoms with Crippen molar-refractivity contribution in [3.63, 3.8) is 0 Å². The molecule has 0 aliphatic rings. The highest BCUT2D eigenvalue weighted by Crippen LogP contribution is 2.22. The molecular weight excluding hydrogens is 178 g/mol. The quantitative estimate of drug-likeness (QED) is 0.637. The molecule has 13 heavy (non-hydrogen) atoms. The number of rotatable bonds is 2. The van der Waals surface area contributed by atoms with E-state index < -0.39 is 23.4 Å². The average molecular weight is 188 g/mol. The number of nitrogens with two attached hydrogens (primary N) is 2. The van der Waals surface area contributed by atoms with E-state index in [0.29, 0.717) is 6.07 Å². The van der Waals surface area contributed by atoms with Crippen molar-refractivity contribution in [3.8, 4) is 5.75 Å². The number of halogens is 2. The summed E-state index contributed by atoms with van der Waals surface area (Å²) in [5.74, 6) is -2.39. The molecule has 0 bridgehead atoms. The van der Waals surface area contributed by atoms with Gasteiger partial charge in [0.1, 0.15) is 5.82 Å². The van der Waals surface area contributed by atoms with Gasteiger partial charge in [-0.25, -0.2) is 8.78 Å². The first-order chi connectivity index (χ1) is 6.06. The molecule has 1 atom stereocenters. The highest BCUT2D eigenvalue weighted by Gasteiger charge is 2.13. The molecule has 3 nitrogen and oxygen atoms in total. The number of phenolic OH excluding ortho intramolecular Hbond substituents is 1. The van der Waals surface area contributed by atoms with Crippen molar-refractivity contribution >= 4 is 0 Å². The molecule has 0 aromatic heterocycles. The zero-order valence-electron chi connectivity index (χ0n) is 6.80. The Hall–Kier alpha value is -1.20. The molecule has 1 aromatic carbocycles. The summed E-state index contributed by atoms with van der Waals surface area (Å²) in [6.07, 6.45) is 0. The van der Waals surface area contributed by atoms with Crippen LogP contribution in [0.15, 0.2) is 12.1 Å². The van der Waals surface area contributed by atoms with Gasteiger partial charge in [0.15, 0.2) is 11.6 Å². The summed E-state index contributed by atoms with van der Waals surface area (Å²) in [6, 6.07) is 0.776. The van der Waals surface area contributed by atoms with Crippen LogP contribution in [0.5, 0.6) is 5.75 Å². The highest BCUT2D eigenvalue weighted by molar-refractivity contribution is 5.31. The monoisotopic (exact) mass is 188 g/mol. The van der Waals surface area contributed by atoms with E-state index in [2.05, 4.69) is 0 Å². The summed E-state index contributed by atoms with van der Waals surface area (Å²) in [4.78, 5) is 0. The molecule has 0 saturated carbocycles. The van der Waals surface area contributed by atoms with Gasteiger partial charge in [-0.2, -0.15) is 0 Å². The Bertz CT molecular complexity index is 317. The normalized spacial score (nSPS) is 12.9. The summed E-state index contributed by atoms with van der Waals surface area (Å²) < 4.78 is 25.7. The molecule has 5 heteroatoms. The molecule has 0 amide bonds. The molecule has 1 aromatic rings. The Morgan fingerprint density at radius 2 is 1.92 bits per heavy atom. The SMILES string of the molecule is NC[C@@H](N)c1cc(F)c(O)cc1F. The van der Waals surface area contributed by atoms with Crippen molar-refractivity contribution in [2.24, 2.45) is 11.5 Å². The van der Waals surface area contributed by atoms with Gasteiger partial charge in [0.2, 0.25) is 0 Å². The molecule has 0 unspecified atom stereocenters. The molecular formula is C8H10F2N2O. The van der Waals surface area contributed by atoms with Gasteiger partial charge >= 0.3 is 0 Å². The molecule has 0 fully saturated rings. The van der Waals surface area contributed by atoms with E-state index in [0.717, 1.165) is 6.07 Å². The van der Waals surface area contributed by atoms with E-state index in [1.165, 1.54) is 0 Å². The van der Waals surface area contributed by atoms with Crippen molar-refractivity contribution in [3.05, 3.63) is 29.3 Å². The Morgan fingerprint density at radius 3 is 2.46 bits per heavy atom. The van der Waals surface area contributed by atoms with E-state index in [1.807, 2.05) is 0 Å². The van der Waals surface area contributed by atoms with E-state index in [9.17, 15) is 8.78 Å². The van der Waals surface area contributed by atoms with Crippen LogP contribution in [0.4, 0.5) is 8.78 Å². The highest BCUT2D eigenvalue weighted by atomic mass is 19.1. The van der Waals surface area contributed by atoms with Crippen molar-refractivity contribution in [1.29, 1.82) is 0 Å². The largest absolute Gasteiger partial charge is 0.505 e. The first kappa shape index (κ1) is 9.88. The summed E-state index contributed by atoms with van der Waals surface area (Å²) in [5.41, 5.74) is 10.6. The Balaban J connectivity index is 3.15. The second-order valence-electron chi connectivity index (χ2n) is 2.67. The number of benzene rings is 1. The van der Waals surface area contributed by atoms with Gasteiger partial charge in [-0.05, 0) is 6.07 Å². The maximum Gasteiger partial charge on any atom is 0.165 e. The maximum absolute atomic E-state index is 13.0. The Labute approximate surface area is 74.0 Å². The van der Waals surface area contributed by atoms with Gasteiger partial charge < -0.3 is 16.6 Å². The molecule has 72 valence electrons. The maximum atomic E-state index is 13.0. The van der Waals surface area contributed by atoms with Crippen LogP contribution in [0.3, 0.4) is 0 Å². The lowest BCUT2D eigenvalue weighted by Crippen LogP contribution is -2.22. The second-order valence-corrected chi connectivity index (χ2v) is 2.67. The predicted octanol–water partition coefficient (Wildman–Crippen LogP) is 0.629. The van der Waals surface area contributed by atoms with E-state index in [1.54, 1.807) is 0 Å². The van der Waals surface area contributed by atoms with Crippen LogP contribution in [0, 0.1) is 11.6 Å². The molecule has 0 aliphatic heterocycles. The fourth-order valence-electron chi connectivity index (χ4n) is 0.963. The Morgan fingerprint density at radius 1 is 1.31 bits per heavy atom. The molecule has 0 spiro atoms. The van der Waals surface area contributed by atoms with E-state index in [-0.39, 0.29) is 12.1 Å². The van der Waals surface area contributed by atoms with Crippen molar-refractivity contribution in [2.45, 2.75) is 6.04 Å². The zero-order valence-corrected chi connectivity index (χ0v) is 6.80. The lowest BCUT2D eigenvalue weighted by Gasteiger charge is -2.10. The van der Waals surface area contributed by atoms with Crippen molar-refractivity contribution in [1.82, 2.24) is 0 Å². The van der Waals surface area contributed by atoms with Gasteiger partial charge in [0.25, 0.3) is 0 Å². The smallest absolute Gasteiger partial charge is 0.165 e.